The Bertz CT molecular complexity index is 877. The number of fused-ring (bicyclic) bond motifs is 1. The zero-order valence-corrected chi connectivity index (χ0v) is 17.0. The minimum Gasteiger partial charge on any atom is -0.355 e. The molecule has 2 unspecified atom stereocenters. The van der Waals surface area contributed by atoms with Crippen LogP contribution in [0.2, 0.25) is 0 Å². The van der Waals surface area contributed by atoms with E-state index in [1.165, 1.54) is 0 Å². The van der Waals surface area contributed by atoms with E-state index in [1.807, 2.05) is 31.7 Å². The van der Waals surface area contributed by atoms with Crippen molar-refractivity contribution < 1.29 is 14.1 Å². The topological polar surface area (TPSA) is 100 Å². The Morgan fingerprint density at radius 1 is 1.28 bits per heavy atom. The largest absolute Gasteiger partial charge is 0.355 e. The van der Waals surface area contributed by atoms with Gasteiger partial charge in [-0.15, -0.1) is 0 Å². The number of piperidine rings is 1. The number of rotatable bonds is 5. The summed E-state index contributed by atoms with van der Waals surface area (Å²) in [4.78, 5) is 30.5. The molecule has 0 aromatic carbocycles. The van der Waals surface area contributed by atoms with Gasteiger partial charge in [-0.2, -0.15) is 0 Å². The molecule has 2 aromatic heterocycles. The smallest absolute Gasteiger partial charge is 0.317 e. The molecule has 29 heavy (non-hydrogen) atoms. The van der Waals surface area contributed by atoms with Crippen molar-refractivity contribution in [3.05, 3.63) is 36.3 Å². The highest BCUT2D eigenvalue weighted by Gasteiger charge is 2.56. The van der Waals surface area contributed by atoms with Crippen molar-refractivity contribution in [1.29, 1.82) is 0 Å². The molecule has 1 aliphatic heterocycles. The molecular weight excluding hydrogens is 370 g/mol. The molecule has 8 heteroatoms. The number of likely N-dealkylation sites (tertiary alicyclic amines) is 1. The molecule has 2 N–H and O–H groups in total. The van der Waals surface area contributed by atoms with Crippen molar-refractivity contribution >= 4 is 11.9 Å². The summed E-state index contributed by atoms with van der Waals surface area (Å²) in [7, 11) is 0. The van der Waals surface area contributed by atoms with Crippen molar-refractivity contribution in [3.8, 4) is 11.3 Å². The number of urea groups is 1. The number of nitrogens with zero attached hydrogens (tertiary/aromatic N) is 3. The number of amides is 3. The van der Waals surface area contributed by atoms with Crippen LogP contribution in [0.25, 0.3) is 11.3 Å². The lowest BCUT2D eigenvalue weighted by molar-refractivity contribution is 0.0943. The number of carbonyl (C=O) groups excluding carboxylic acids is 2. The van der Waals surface area contributed by atoms with E-state index in [9.17, 15) is 9.59 Å². The third kappa shape index (κ3) is 4.41. The van der Waals surface area contributed by atoms with Gasteiger partial charge < -0.3 is 20.1 Å². The van der Waals surface area contributed by atoms with E-state index in [0.29, 0.717) is 30.1 Å². The van der Waals surface area contributed by atoms with E-state index in [1.54, 1.807) is 24.5 Å². The maximum atomic E-state index is 12.3. The fourth-order valence-corrected chi connectivity index (χ4v) is 4.11. The van der Waals surface area contributed by atoms with E-state index < -0.39 is 0 Å². The van der Waals surface area contributed by atoms with Crippen LogP contribution in [0.3, 0.4) is 0 Å². The van der Waals surface area contributed by atoms with Crippen LogP contribution < -0.4 is 10.6 Å². The maximum Gasteiger partial charge on any atom is 0.317 e. The Hall–Kier alpha value is -2.90. The normalized spacial score (nSPS) is 22.9. The van der Waals surface area contributed by atoms with E-state index in [0.717, 1.165) is 25.1 Å². The Balaban J connectivity index is 1.19. The van der Waals surface area contributed by atoms with Gasteiger partial charge in [-0.3, -0.25) is 9.78 Å². The standard InChI is InChI=1S/C21H27N5O3/c1-21(2,3)24-20(28)26-11-15-14(16(15)12-26)6-8-23-19(27)17-9-18(29-25-17)13-5-4-7-22-10-13/h4-5,7,9-10,14-16H,6,8,11-12H2,1-3H3,(H,23,27)(H,24,28). The number of nitrogens with one attached hydrogen (secondary N) is 2. The van der Waals surface area contributed by atoms with Crippen LogP contribution in [-0.4, -0.2) is 52.2 Å². The predicted octanol–water partition coefficient (Wildman–Crippen LogP) is 2.54. The first-order valence-corrected chi connectivity index (χ1v) is 10.0. The second-order valence-electron chi connectivity index (χ2n) is 8.94. The third-order valence-electron chi connectivity index (χ3n) is 5.59. The number of hydrogen-bond donors (Lipinski definition) is 2. The zero-order valence-electron chi connectivity index (χ0n) is 17.0. The molecular formula is C21H27N5O3. The molecule has 1 saturated carbocycles. The molecule has 1 saturated heterocycles. The van der Waals surface area contributed by atoms with Gasteiger partial charge in [-0.25, -0.2) is 4.79 Å². The van der Waals surface area contributed by atoms with Gasteiger partial charge in [-0.05, 0) is 57.1 Å². The van der Waals surface area contributed by atoms with Gasteiger partial charge in [0.05, 0.1) is 0 Å². The fourth-order valence-electron chi connectivity index (χ4n) is 4.11. The average molecular weight is 397 g/mol. The molecule has 2 aliphatic rings. The summed E-state index contributed by atoms with van der Waals surface area (Å²) in [5.41, 5.74) is 0.834. The van der Waals surface area contributed by atoms with Gasteiger partial charge in [0.1, 0.15) is 0 Å². The molecule has 3 heterocycles. The molecule has 2 fully saturated rings. The fraction of sp³-hybridized carbons (Fsp3) is 0.524. The Morgan fingerprint density at radius 2 is 2.03 bits per heavy atom. The van der Waals surface area contributed by atoms with Crippen molar-refractivity contribution in [2.24, 2.45) is 17.8 Å². The van der Waals surface area contributed by atoms with Crippen LogP contribution in [0.1, 0.15) is 37.7 Å². The molecule has 154 valence electrons. The summed E-state index contributed by atoms with van der Waals surface area (Å²) >= 11 is 0. The first-order valence-electron chi connectivity index (χ1n) is 10.0. The molecule has 1 aliphatic carbocycles. The van der Waals surface area contributed by atoms with Crippen LogP contribution in [-0.2, 0) is 0 Å². The summed E-state index contributed by atoms with van der Waals surface area (Å²) < 4.78 is 5.25. The van der Waals surface area contributed by atoms with Gasteiger partial charge in [0.25, 0.3) is 5.91 Å². The quantitative estimate of drug-likeness (QED) is 0.808. The summed E-state index contributed by atoms with van der Waals surface area (Å²) in [6.45, 7) is 8.18. The Labute approximate surface area is 170 Å². The van der Waals surface area contributed by atoms with Crippen LogP contribution in [0.4, 0.5) is 4.79 Å². The number of hydrogen-bond acceptors (Lipinski definition) is 5. The highest BCUT2D eigenvalue weighted by atomic mass is 16.5. The predicted molar refractivity (Wildman–Crippen MR) is 107 cm³/mol. The van der Waals surface area contributed by atoms with Crippen molar-refractivity contribution in [1.82, 2.24) is 25.7 Å². The summed E-state index contributed by atoms with van der Waals surface area (Å²) in [6, 6.07) is 5.31. The highest BCUT2D eigenvalue weighted by Crippen LogP contribution is 2.53. The van der Waals surface area contributed by atoms with Gasteiger partial charge in [0, 0.05) is 49.2 Å². The van der Waals surface area contributed by atoms with Crippen molar-refractivity contribution in [2.75, 3.05) is 19.6 Å². The van der Waals surface area contributed by atoms with Gasteiger partial charge in [0.2, 0.25) is 0 Å². The van der Waals surface area contributed by atoms with Gasteiger partial charge in [0.15, 0.2) is 11.5 Å². The molecule has 0 spiro atoms. The number of carbonyl (C=O) groups is 2. The molecule has 0 radical (unpaired) electrons. The Kier molecular flexibility index (Phi) is 5.02. The monoisotopic (exact) mass is 397 g/mol. The first kappa shape index (κ1) is 19.4. The Morgan fingerprint density at radius 3 is 2.69 bits per heavy atom. The lowest BCUT2D eigenvalue weighted by Crippen LogP contribution is -2.48. The first-order chi connectivity index (χ1) is 13.8. The molecule has 4 rings (SSSR count). The van der Waals surface area contributed by atoms with Crippen LogP contribution in [0, 0.1) is 17.8 Å². The van der Waals surface area contributed by atoms with Crippen LogP contribution >= 0.6 is 0 Å². The number of pyridine rings is 1. The van der Waals surface area contributed by atoms with Gasteiger partial charge in [-0.1, -0.05) is 5.16 Å². The average Bonchev–Trinajstić information content (AvgIpc) is 3.09. The molecule has 8 nitrogen and oxygen atoms in total. The summed E-state index contributed by atoms with van der Waals surface area (Å²) in [5, 5.41) is 9.79. The minimum absolute atomic E-state index is 0.0206. The third-order valence-corrected chi connectivity index (χ3v) is 5.59. The molecule has 3 amide bonds. The summed E-state index contributed by atoms with van der Waals surface area (Å²) in [6.07, 6.45) is 4.26. The lowest BCUT2D eigenvalue weighted by atomic mass is 10.1. The molecule has 2 aromatic rings. The van der Waals surface area contributed by atoms with E-state index in [2.05, 4.69) is 20.8 Å². The van der Waals surface area contributed by atoms with Crippen LogP contribution in [0.15, 0.2) is 35.1 Å². The van der Waals surface area contributed by atoms with Crippen LogP contribution in [0.5, 0.6) is 0 Å². The second kappa shape index (κ2) is 7.50. The highest BCUT2D eigenvalue weighted by molar-refractivity contribution is 5.93. The van der Waals surface area contributed by atoms with Crippen molar-refractivity contribution in [3.63, 3.8) is 0 Å². The second-order valence-corrected chi connectivity index (χ2v) is 8.94. The van der Waals surface area contributed by atoms with Crippen molar-refractivity contribution in [2.45, 2.75) is 32.7 Å². The van der Waals surface area contributed by atoms with Gasteiger partial charge >= 0.3 is 6.03 Å². The zero-order chi connectivity index (χ0) is 20.6. The van der Waals surface area contributed by atoms with E-state index in [4.69, 9.17) is 4.52 Å². The molecule has 0 bridgehead atoms. The summed E-state index contributed by atoms with van der Waals surface area (Å²) in [5.74, 6) is 1.98. The SMILES string of the molecule is CC(C)(C)NC(=O)N1CC2C(CCNC(=O)c3cc(-c4cccnc4)on3)C2C1. The maximum absolute atomic E-state index is 12.3. The van der Waals surface area contributed by atoms with E-state index >= 15 is 0 Å². The van der Waals surface area contributed by atoms with E-state index in [-0.39, 0.29) is 23.2 Å². The lowest BCUT2D eigenvalue weighted by Gasteiger charge is -2.27. The number of aromatic nitrogens is 2. The molecule has 2 atom stereocenters. The minimum atomic E-state index is -0.235.